The van der Waals surface area contributed by atoms with Crippen molar-refractivity contribution in [1.82, 2.24) is 0 Å². The molecule has 0 radical (unpaired) electrons. The van der Waals surface area contributed by atoms with Crippen molar-refractivity contribution in [1.29, 1.82) is 0 Å². The van der Waals surface area contributed by atoms with E-state index in [0.29, 0.717) is 11.3 Å². The number of nitrogen functional groups attached to an aromatic ring is 1. The van der Waals surface area contributed by atoms with E-state index >= 15 is 0 Å². The van der Waals surface area contributed by atoms with Crippen LogP contribution in [0.1, 0.15) is 31.1 Å². The highest BCUT2D eigenvalue weighted by Crippen LogP contribution is 2.21. The molecule has 124 valence electrons. The van der Waals surface area contributed by atoms with Crippen LogP contribution >= 0.6 is 0 Å². The number of benzene rings is 2. The minimum absolute atomic E-state index is 0.113. The second-order valence-electron chi connectivity index (χ2n) is 4.82. The summed E-state index contributed by atoms with van der Waals surface area (Å²) in [7, 11) is 2.46. The van der Waals surface area contributed by atoms with Crippen molar-refractivity contribution >= 4 is 29.2 Å². The summed E-state index contributed by atoms with van der Waals surface area (Å²) < 4.78 is 9.32. The summed E-state index contributed by atoms with van der Waals surface area (Å²) >= 11 is 0. The van der Waals surface area contributed by atoms with E-state index in [1.54, 1.807) is 18.2 Å². The SMILES string of the molecule is COC(=O)c1ccc(C(=O)OC)c(NC(=O)c2cccc(N)c2)c1. The normalized spacial score (nSPS) is 9.92. The number of carbonyl (C=O) groups excluding carboxylic acids is 3. The lowest BCUT2D eigenvalue weighted by molar-refractivity contribution is 0.0587. The molecule has 0 unspecified atom stereocenters. The Hall–Kier alpha value is -3.35. The van der Waals surface area contributed by atoms with Gasteiger partial charge >= 0.3 is 11.9 Å². The maximum absolute atomic E-state index is 12.3. The maximum atomic E-state index is 12.3. The molecule has 2 aromatic rings. The second kappa shape index (κ2) is 7.28. The number of nitrogens with two attached hydrogens (primary N) is 1. The zero-order valence-corrected chi connectivity index (χ0v) is 13.2. The summed E-state index contributed by atoms with van der Waals surface area (Å²) in [6.07, 6.45) is 0. The van der Waals surface area contributed by atoms with Crippen LogP contribution in [0.5, 0.6) is 0 Å². The fourth-order valence-electron chi connectivity index (χ4n) is 2.05. The third-order valence-corrected chi connectivity index (χ3v) is 3.24. The molecule has 3 N–H and O–H groups in total. The van der Waals surface area contributed by atoms with Crippen LogP contribution < -0.4 is 11.1 Å². The van der Waals surface area contributed by atoms with E-state index in [1.807, 2.05) is 0 Å². The van der Waals surface area contributed by atoms with Crippen molar-refractivity contribution < 1.29 is 23.9 Å². The third kappa shape index (κ3) is 3.70. The average Bonchev–Trinajstić information content (AvgIpc) is 2.60. The van der Waals surface area contributed by atoms with Crippen LogP contribution in [0.2, 0.25) is 0 Å². The smallest absolute Gasteiger partial charge is 0.339 e. The Balaban J connectivity index is 2.40. The summed E-state index contributed by atoms with van der Waals surface area (Å²) in [6.45, 7) is 0. The lowest BCUT2D eigenvalue weighted by Gasteiger charge is -2.11. The molecule has 0 bridgehead atoms. The van der Waals surface area contributed by atoms with Crippen LogP contribution in [0.25, 0.3) is 0 Å². The zero-order valence-electron chi connectivity index (χ0n) is 13.2. The van der Waals surface area contributed by atoms with Crippen molar-refractivity contribution in [3.8, 4) is 0 Å². The van der Waals surface area contributed by atoms with Crippen molar-refractivity contribution in [2.45, 2.75) is 0 Å². The monoisotopic (exact) mass is 328 g/mol. The molecular weight excluding hydrogens is 312 g/mol. The molecule has 0 fully saturated rings. The number of hydrogen-bond acceptors (Lipinski definition) is 6. The second-order valence-corrected chi connectivity index (χ2v) is 4.82. The highest BCUT2D eigenvalue weighted by Gasteiger charge is 2.18. The Morgan fingerprint density at radius 2 is 1.62 bits per heavy atom. The number of esters is 2. The molecule has 24 heavy (non-hydrogen) atoms. The first-order chi connectivity index (χ1) is 11.5. The van der Waals surface area contributed by atoms with E-state index in [4.69, 9.17) is 5.73 Å². The first-order valence-corrected chi connectivity index (χ1v) is 6.94. The molecule has 2 rings (SSSR count). The fourth-order valence-corrected chi connectivity index (χ4v) is 2.05. The van der Waals surface area contributed by atoms with Crippen molar-refractivity contribution in [3.05, 3.63) is 59.2 Å². The largest absolute Gasteiger partial charge is 0.465 e. The van der Waals surface area contributed by atoms with Gasteiger partial charge in [0.05, 0.1) is 31.0 Å². The predicted octanol–water partition coefficient (Wildman–Crippen LogP) is 2.09. The molecule has 2 aromatic carbocycles. The lowest BCUT2D eigenvalue weighted by Crippen LogP contribution is -2.16. The number of ether oxygens (including phenoxy) is 2. The molecule has 0 saturated heterocycles. The van der Waals surface area contributed by atoms with Gasteiger partial charge in [-0.15, -0.1) is 0 Å². The standard InChI is InChI=1S/C17H16N2O5/c1-23-16(21)11-6-7-13(17(22)24-2)14(9-11)19-15(20)10-4-3-5-12(18)8-10/h3-9H,18H2,1-2H3,(H,19,20). The molecule has 0 spiro atoms. The Morgan fingerprint density at radius 3 is 2.25 bits per heavy atom. The van der Waals surface area contributed by atoms with Crippen LogP contribution in [-0.2, 0) is 9.47 Å². The number of hydrogen-bond donors (Lipinski definition) is 2. The molecule has 0 saturated carbocycles. The van der Waals surface area contributed by atoms with Gasteiger partial charge in [-0.3, -0.25) is 4.79 Å². The number of anilines is 2. The maximum Gasteiger partial charge on any atom is 0.339 e. The molecule has 1 amide bonds. The molecule has 0 atom stereocenters. The quantitative estimate of drug-likeness (QED) is 0.657. The van der Waals surface area contributed by atoms with Gasteiger partial charge in [0.2, 0.25) is 0 Å². The van der Waals surface area contributed by atoms with E-state index in [9.17, 15) is 14.4 Å². The number of methoxy groups -OCH3 is 2. The first kappa shape index (κ1) is 17.0. The molecule has 7 heteroatoms. The minimum Gasteiger partial charge on any atom is -0.465 e. The molecule has 0 aromatic heterocycles. The van der Waals surface area contributed by atoms with Gasteiger partial charge in [-0.05, 0) is 36.4 Å². The van der Waals surface area contributed by atoms with E-state index in [2.05, 4.69) is 14.8 Å². The topological polar surface area (TPSA) is 108 Å². The van der Waals surface area contributed by atoms with Crippen LogP contribution in [0, 0.1) is 0 Å². The minimum atomic E-state index is -0.644. The molecular formula is C17H16N2O5. The summed E-state index contributed by atoms with van der Waals surface area (Å²) in [4.78, 5) is 35.8. The Morgan fingerprint density at radius 1 is 0.917 bits per heavy atom. The Bertz CT molecular complexity index is 801. The summed E-state index contributed by atoms with van der Waals surface area (Å²) in [6, 6.07) is 10.5. The van der Waals surface area contributed by atoms with Crippen LogP contribution in [0.4, 0.5) is 11.4 Å². The molecule has 0 heterocycles. The Kier molecular flexibility index (Phi) is 5.16. The van der Waals surface area contributed by atoms with E-state index < -0.39 is 17.8 Å². The summed E-state index contributed by atoms with van der Waals surface area (Å²) in [5, 5.41) is 2.59. The van der Waals surface area contributed by atoms with Crippen molar-refractivity contribution in [2.24, 2.45) is 0 Å². The predicted molar refractivity (Wildman–Crippen MR) is 87.9 cm³/mol. The number of rotatable bonds is 4. The van der Waals surface area contributed by atoms with Gasteiger partial charge in [-0.1, -0.05) is 6.07 Å². The first-order valence-electron chi connectivity index (χ1n) is 6.94. The average molecular weight is 328 g/mol. The van der Waals surface area contributed by atoms with Crippen LogP contribution in [0.15, 0.2) is 42.5 Å². The lowest BCUT2D eigenvalue weighted by atomic mass is 10.1. The molecule has 7 nitrogen and oxygen atoms in total. The molecule has 0 aliphatic carbocycles. The Labute approximate surface area is 138 Å². The van der Waals surface area contributed by atoms with Gasteiger partial charge in [0.25, 0.3) is 5.91 Å². The van der Waals surface area contributed by atoms with Crippen LogP contribution in [-0.4, -0.2) is 32.1 Å². The van der Waals surface area contributed by atoms with Gasteiger partial charge in [-0.2, -0.15) is 0 Å². The van der Waals surface area contributed by atoms with Gasteiger partial charge in [0.1, 0.15) is 0 Å². The van der Waals surface area contributed by atoms with Crippen molar-refractivity contribution in [3.63, 3.8) is 0 Å². The molecule has 0 aliphatic rings. The number of nitrogens with one attached hydrogen (secondary N) is 1. The number of carbonyl (C=O) groups is 3. The summed E-state index contributed by atoms with van der Waals surface area (Å²) in [5.41, 5.74) is 6.84. The van der Waals surface area contributed by atoms with Gasteiger partial charge < -0.3 is 20.5 Å². The zero-order chi connectivity index (χ0) is 17.7. The highest BCUT2D eigenvalue weighted by molar-refractivity contribution is 6.09. The fraction of sp³-hybridized carbons (Fsp3) is 0.118. The number of amides is 1. The van der Waals surface area contributed by atoms with E-state index in [0.717, 1.165) is 0 Å². The third-order valence-electron chi connectivity index (χ3n) is 3.24. The van der Waals surface area contributed by atoms with Gasteiger partial charge in [0, 0.05) is 11.3 Å². The van der Waals surface area contributed by atoms with E-state index in [-0.39, 0.29) is 16.8 Å². The van der Waals surface area contributed by atoms with Gasteiger partial charge in [-0.25, -0.2) is 9.59 Å². The van der Waals surface area contributed by atoms with Crippen LogP contribution in [0.3, 0.4) is 0 Å². The van der Waals surface area contributed by atoms with E-state index in [1.165, 1.54) is 38.5 Å². The molecule has 0 aliphatic heterocycles. The van der Waals surface area contributed by atoms with Crippen molar-refractivity contribution in [2.75, 3.05) is 25.3 Å². The highest BCUT2D eigenvalue weighted by atomic mass is 16.5. The summed E-state index contributed by atoms with van der Waals surface area (Å²) in [5.74, 6) is -1.71. The van der Waals surface area contributed by atoms with Gasteiger partial charge in [0.15, 0.2) is 0 Å².